The number of aromatic nitrogens is 3. The summed E-state index contributed by atoms with van der Waals surface area (Å²) in [5.41, 5.74) is 2.61. The highest BCUT2D eigenvalue weighted by molar-refractivity contribution is 6.30. The summed E-state index contributed by atoms with van der Waals surface area (Å²) in [6.45, 7) is 2.16. The first-order valence-corrected chi connectivity index (χ1v) is 10.4. The molecular weight excluding hydrogens is 372 g/mol. The molecule has 2 aliphatic rings. The fourth-order valence-electron chi connectivity index (χ4n) is 5.17. The summed E-state index contributed by atoms with van der Waals surface area (Å²) in [6, 6.07) is 11.9. The van der Waals surface area contributed by atoms with Crippen LogP contribution in [0.3, 0.4) is 0 Å². The van der Waals surface area contributed by atoms with Gasteiger partial charge >= 0.3 is 0 Å². The van der Waals surface area contributed by atoms with Crippen LogP contribution in [0.5, 0.6) is 0 Å². The van der Waals surface area contributed by atoms with Crippen LogP contribution >= 0.6 is 11.6 Å². The first kappa shape index (κ1) is 17.7. The zero-order valence-corrected chi connectivity index (χ0v) is 16.5. The Morgan fingerprint density at radius 2 is 1.96 bits per heavy atom. The van der Waals surface area contributed by atoms with Crippen LogP contribution in [0.25, 0.3) is 11.2 Å². The van der Waals surface area contributed by atoms with Crippen LogP contribution in [0.4, 0.5) is 0 Å². The number of fused-ring (bicyclic) bond motifs is 2. The monoisotopic (exact) mass is 394 g/mol. The van der Waals surface area contributed by atoms with E-state index in [0.29, 0.717) is 34.4 Å². The fraction of sp³-hybridized carbons (Fsp3) is 0.409. The Morgan fingerprint density at radius 1 is 1.21 bits per heavy atom. The van der Waals surface area contributed by atoms with Crippen molar-refractivity contribution in [2.24, 2.45) is 17.8 Å². The van der Waals surface area contributed by atoms with Crippen LogP contribution in [0.15, 0.2) is 48.9 Å². The summed E-state index contributed by atoms with van der Waals surface area (Å²) in [7, 11) is 0. The smallest absolute Gasteiger partial charge is 0.251 e. The van der Waals surface area contributed by atoms with Crippen LogP contribution in [0.2, 0.25) is 5.02 Å². The lowest BCUT2D eigenvalue weighted by atomic mass is 9.99. The molecule has 5 rings (SSSR count). The molecule has 0 spiro atoms. The van der Waals surface area contributed by atoms with Gasteiger partial charge in [0.2, 0.25) is 0 Å². The second-order valence-electron chi connectivity index (χ2n) is 8.02. The average Bonchev–Trinajstić information content (AvgIpc) is 3.07. The van der Waals surface area contributed by atoms with Gasteiger partial charge in [0.25, 0.3) is 5.91 Å². The lowest BCUT2D eigenvalue weighted by Gasteiger charge is -2.22. The van der Waals surface area contributed by atoms with Crippen molar-refractivity contribution in [3.8, 4) is 0 Å². The van der Waals surface area contributed by atoms with Crippen LogP contribution in [-0.2, 0) is 0 Å². The third kappa shape index (κ3) is 2.98. The molecule has 2 aliphatic carbocycles. The lowest BCUT2D eigenvalue weighted by Crippen LogP contribution is -2.37. The molecule has 144 valence electrons. The third-order valence-corrected chi connectivity index (χ3v) is 6.81. The number of carbonyl (C=O) groups is 1. The van der Waals surface area contributed by atoms with Gasteiger partial charge in [-0.1, -0.05) is 18.5 Å². The molecule has 28 heavy (non-hydrogen) atoms. The molecule has 1 aromatic carbocycles. The number of imidazole rings is 1. The number of benzene rings is 1. The molecule has 0 bridgehead atoms. The number of rotatable bonds is 5. The van der Waals surface area contributed by atoms with Gasteiger partial charge in [-0.05, 0) is 73.4 Å². The number of hydrogen-bond acceptors (Lipinski definition) is 3. The largest absolute Gasteiger partial charge is 0.349 e. The van der Waals surface area contributed by atoms with Crippen molar-refractivity contribution in [1.29, 1.82) is 0 Å². The highest BCUT2D eigenvalue weighted by Gasteiger charge is 2.59. The van der Waals surface area contributed by atoms with Gasteiger partial charge in [-0.3, -0.25) is 4.79 Å². The quantitative estimate of drug-likeness (QED) is 0.693. The van der Waals surface area contributed by atoms with Crippen molar-refractivity contribution in [3.05, 3.63) is 59.5 Å². The van der Waals surface area contributed by atoms with E-state index in [1.165, 1.54) is 0 Å². The zero-order valence-electron chi connectivity index (χ0n) is 15.8. The van der Waals surface area contributed by atoms with Gasteiger partial charge in [0.15, 0.2) is 5.65 Å². The summed E-state index contributed by atoms with van der Waals surface area (Å²) in [5.74, 6) is 1.96. The molecule has 0 radical (unpaired) electrons. The van der Waals surface area contributed by atoms with E-state index in [2.05, 4.69) is 32.8 Å². The average molecular weight is 395 g/mol. The van der Waals surface area contributed by atoms with Crippen molar-refractivity contribution in [2.45, 2.75) is 38.3 Å². The molecule has 0 saturated heterocycles. The van der Waals surface area contributed by atoms with Gasteiger partial charge in [0.05, 0.1) is 11.8 Å². The normalized spacial score (nSPS) is 26.8. The van der Waals surface area contributed by atoms with E-state index >= 15 is 0 Å². The topological polar surface area (TPSA) is 59.8 Å². The summed E-state index contributed by atoms with van der Waals surface area (Å²) >= 11 is 5.92. The summed E-state index contributed by atoms with van der Waals surface area (Å²) in [5, 5.41) is 3.91. The third-order valence-electron chi connectivity index (χ3n) is 6.56. The van der Waals surface area contributed by atoms with Gasteiger partial charge in [0, 0.05) is 28.9 Å². The fourth-order valence-corrected chi connectivity index (χ4v) is 5.30. The Bertz CT molecular complexity index is 1000. The number of pyridine rings is 1. The molecule has 2 heterocycles. The number of nitrogens with one attached hydrogen (secondary N) is 1. The molecule has 2 fully saturated rings. The van der Waals surface area contributed by atoms with Gasteiger partial charge in [-0.15, -0.1) is 0 Å². The number of nitrogens with zero attached hydrogens (tertiary/aromatic N) is 3. The predicted molar refractivity (Wildman–Crippen MR) is 109 cm³/mol. The molecule has 5 atom stereocenters. The molecule has 1 N–H and O–H groups in total. The second kappa shape index (κ2) is 6.89. The molecular formula is C22H23ClN4O. The molecule has 2 aromatic heterocycles. The highest BCUT2D eigenvalue weighted by atomic mass is 35.5. The number of amides is 1. The Labute approximate surface area is 169 Å². The van der Waals surface area contributed by atoms with Gasteiger partial charge in [-0.25, -0.2) is 9.97 Å². The van der Waals surface area contributed by atoms with E-state index in [1.807, 2.05) is 12.4 Å². The summed E-state index contributed by atoms with van der Waals surface area (Å²) in [4.78, 5) is 21.4. The maximum absolute atomic E-state index is 12.6. The summed E-state index contributed by atoms with van der Waals surface area (Å²) in [6.07, 6.45) is 6.99. The maximum Gasteiger partial charge on any atom is 0.251 e. The maximum atomic E-state index is 12.6. The molecule has 2 saturated carbocycles. The van der Waals surface area contributed by atoms with Crippen molar-refractivity contribution in [3.63, 3.8) is 0 Å². The van der Waals surface area contributed by atoms with Gasteiger partial charge in [-0.2, -0.15) is 0 Å². The van der Waals surface area contributed by atoms with Crippen LogP contribution in [-0.4, -0.2) is 26.5 Å². The Kier molecular flexibility index (Phi) is 4.35. The van der Waals surface area contributed by atoms with E-state index in [4.69, 9.17) is 11.6 Å². The zero-order chi connectivity index (χ0) is 19.3. The molecule has 5 nitrogen and oxygen atoms in total. The highest BCUT2D eigenvalue weighted by Crippen LogP contribution is 2.62. The van der Waals surface area contributed by atoms with E-state index in [0.717, 1.165) is 30.4 Å². The SMILES string of the molecule is CCC(NC(=O)c1ccc(Cl)cc1)[C@H]1[C@@H]2C[C@@H](n3cnc4ncccc43)C[C@@H]21. The standard InChI is InChI=1S/C22H23ClN4O/c1-2-18(26-22(28)13-5-7-14(23)8-6-13)20-16-10-15(11-17(16)20)27-12-25-21-19(27)4-3-9-24-21/h3-9,12,15-18,20H,2,10-11H2,1H3,(H,26,28)/t15-,16-,17+,18?,20+. The van der Waals surface area contributed by atoms with E-state index in [9.17, 15) is 4.79 Å². The van der Waals surface area contributed by atoms with E-state index in [1.54, 1.807) is 30.5 Å². The minimum Gasteiger partial charge on any atom is -0.349 e. The molecule has 1 amide bonds. The minimum absolute atomic E-state index is 0.00304. The first-order chi connectivity index (χ1) is 13.7. The Morgan fingerprint density at radius 3 is 2.68 bits per heavy atom. The van der Waals surface area contributed by atoms with E-state index < -0.39 is 0 Å². The predicted octanol–water partition coefficient (Wildman–Crippen LogP) is 4.49. The van der Waals surface area contributed by atoms with Gasteiger partial charge < -0.3 is 9.88 Å². The lowest BCUT2D eigenvalue weighted by molar-refractivity contribution is 0.0927. The molecule has 0 aliphatic heterocycles. The van der Waals surface area contributed by atoms with Crippen LogP contribution < -0.4 is 5.32 Å². The molecule has 6 heteroatoms. The van der Waals surface area contributed by atoms with Gasteiger partial charge in [0.1, 0.15) is 0 Å². The number of carbonyl (C=O) groups excluding carboxylic acids is 1. The molecule has 1 unspecified atom stereocenters. The Hall–Kier alpha value is -2.40. The number of hydrogen-bond donors (Lipinski definition) is 1. The summed E-state index contributed by atoms with van der Waals surface area (Å²) < 4.78 is 2.29. The number of halogens is 1. The minimum atomic E-state index is -0.00304. The second-order valence-corrected chi connectivity index (χ2v) is 8.46. The van der Waals surface area contributed by atoms with Crippen molar-refractivity contribution < 1.29 is 4.79 Å². The van der Waals surface area contributed by atoms with Crippen molar-refractivity contribution in [2.75, 3.05) is 0 Å². The Balaban J connectivity index is 1.24. The first-order valence-electron chi connectivity index (χ1n) is 9.99. The van der Waals surface area contributed by atoms with Crippen molar-refractivity contribution >= 4 is 28.7 Å². The van der Waals surface area contributed by atoms with Crippen molar-refractivity contribution in [1.82, 2.24) is 19.9 Å². The van der Waals surface area contributed by atoms with Crippen LogP contribution in [0.1, 0.15) is 42.6 Å². The van der Waals surface area contributed by atoms with E-state index in [-0.39, 0.29) is 11.9 Å². The molecule has 3 aromatic rings. The van der Waals surface area contributed by atoms with Crippen LogP contribution in [0, 0.1) is 17.8 Å².